The predicted octanol–water partition coefficient (Wildman–Crippen LogP) is 7.84. The lowest BCUT2D eigenvalue weighted by Gasteiger charge is -2.59. The van der Waals surface area contributed by atoms with Gasteiger partial charge in [-0.25, -0.2) is 0 Å². The molecular weight excluding hydrogens is 364 g/mol. The Hall–Kier alpha value is -0.560. The van der Waals surface area contributed by atoms with Gasteiger partial charge in [-0.15, -0.1) is 0 Å². The molecule has 2 unspecified atom stereocenters. The summed E-state index contributed by atoms with van der Waals surface area (Å²) in [6.07, 6.45) is 18.7. The van der Waals surface area contributed by atoms with Gasteiger partial charge < -0.3 is 5.11 Å². The van der Waals surface area contributed by atoms with Crippen molar-refractivity contribution in [3.63, 3.8) is 0 Å². The van der Waals surface area contributed by atoms with Gasteiger partial charge in [0.1, 0.15) is 0 Å². The molecule has 0 bridgehead atoms. The standard InChI is InChI=1S/C29H46O/c1-19(18-20-8-6-7-9-20)22-11-12-23-21-10-13-25-27(2,3)26(30)15-17-29(25,5)24(21)14-16-28(22,23)4/h12,19-20,22,25-26,30H,6-11,13-18H2,1-5H3/t19-,22-,25?,26?,28-,29-/m1/s1. The Morgan fingerprint density at radius 2 is 1.70 bits per heavy atom. The van der Waals surface area contributed by atoms with Crippen LogP contribution < -0.4 is 0 Å². The van der Waals surface area contributed by atoms with Crippen molar-refractivity contribution in [2.75, 3.05) is 0 Å². The van der Waals surface area contributed by atoms with Gasteiger partial charge in [0.2, 0.25) is 0 Å². The fraction of sp³-hybridized carbons (Fsp3) is 0.862. The van der Waals surface area contributed by atoms with Gasteiger partial charge in [-0.3, -0.25) is 0 Å². The van der Waals surface area contributed by atoms with Crippen molar-refractivity contribution in [3.05, 3.63) is 22.8 Å². The van der Waals surface area contributed by atoms with Gasteiger partial charge in [0, 0.05) is 0 Å². The second kappa shape index (κ2) is 7.23. The molecule has 0 aromatic carbocycles. The molecule has 0 aromatic heterocycles. The van der Waals surface area contributed by atoms with Gasteiger partial charge in [-0.1, -0.05) is 72.0 Å². The lowest BCUT2D eigenvalue weighted by molar-refractivity contribution is -0.0905. The number of aliphatic hydroxyl groups excluding tert-OH is 1. The molecule has 0 aliphatic heterocycles. The summed E-state index contributed by atoms with van der Waals surface area (Å²) in [5, 5.41) is 10.8. The molecule has 1 N–H and O–H groups in total. The first kappa shape index (κ1) is 21.3. The fourth-order valence-electron chi connectivity index (χ4n) is 9.51. The van der Waals surface area contributed by atoms with Crippen LogP contribution in [0.5, 0.6) is 0 Å². The summed E-state index contributed by atoms with van der Waals surface area (Å²) >= 11 is 0. The Bertz CT molecular complexity index is 750. The van der Waals surface area contributed by atoms with Crippen LogP contribution in [-0.2, 0) is 0 Å². The van der Waals surface area contributed by atoms with E-state index >= 15 is 0 Å². The van der Waals surface area contributed by atoms with Crippen molar-refractivity contribution in [3.8, 4) is 0 Å². The average molecular weight is 411 g/mol. The molecule has 2 saturated carbocycles. The first-order chi connectivity index (χ1) is 14.2. The average Bonchev–Trinajstić information content (AvgIpc) is 3.32. The monoisotopic (exact) mass is 410 g/mol. The topological polar surface area (TPSA) is 20.2 Å². The minimum atomic E-state index is -0.127. The van der Waals surface area contributed by atoms with E-state index in [1.54, 1.807) is 11.1 Å². The summed E-state index contributed by atoms with van der Waals surface area (Å²) in [6, 6.07) is 0. The molecule has 0 heterocycles. The van der Waals surface area contributed by atoms with Crippen molar-refractivity contribution < 1.29 is 5.11 Å². The molecule has 0 amide bonds. The molecule has 168 valence electrons. The highest BCUT2D eigenvalue weighted by molar-refractivity contribution is 5.49. The van der Waals surface area contributed by atoms with Gasteiger partial charge in [0.25, 0.3) is 0 Å². The van der Waals surface area contributed by atoms with Crippen molar-refractivity contribution >= 4 is 0 Å². The number of hydrogen-bond donors (Lipinski definition) is 1. The number of rotatable bonds is 3. The van der Waals surface area contributed by atoms with Crippen LogP contribution in [0.2, 0.25) is 0 Å². The smallest absolute Gasteiger partial charge is 0.0594 e. The molecule has 1 nitrogen and oxygen atoms in total. The summed E-state index contributed by atoms with van der Waals surface area (Å²) in [5.41, 5.74) is 6.15. The summed E-state index contributed by atoms with van der Waals surface area (Å²) < 4.78 is 0. The van der Waals surface area contributed by atoms with Crippen LogP contribution in [0.4, 0.5) is 0 Å². The summed E-state index contributed by atoms with van der Waals surface area (Å²) in [7, 11) is 0. The van der Waals surface area contributed by atoms with E-state index in [0.29, 0.717) is 16.7 Å². The SMILES string of the molecule is C[C@H](CC1CCCC1)[C@H]1CC=C2C3=C(CC[C@@]21C)[C@@]1(C)CCC(O)C(C)(C)C1CC3. The van der Waals surface area contributed by atoms with E-state index in [4.69, 9.17) is 0 Å². The Balaban J connectivity index is 1.42. The molecule has 0 radical (unpaired) electrons. The third-order valence-corrected chi connectivity index (χ3v) is 11.3. The number of allylic oxidation sites excluding steroid dienone is 4. The van der Waals surface area contributed by atoms with Gasteiger partial charge in [0.05, 0.1) is 6.10 Å². The van der Waals surface area contributed by atoms with Crippen molar-refractivity contribution in [2.24, 2.45) is 39.9 Å². The minimum absolute atomic E-state index is 0.0503. The molecule has 30 heavy (non-hydrogen) atoms. The van der Waals surface area contributed by atoms with Crippen LogP contribution in [0.1, 0.15) is 112 Å². The molecule has 0 saturated heterocycles. The van der Waals surface area contributed by atoms with Crippen LogP contribution in [-0.4, -0.2) is 11.2 Å². The largest absolute Gasteiger partial charge is 0.393 e. The Morgan fingerprint density at radius 3 is 2.43 bits per heavy atom. The van der Waals surface area contributed by atoms with E-state index in [-0.39, 0.29) is 11.5 Å². The summed E-state index contributed by atoms with van der Waals surface area (Å²) in [4.78, 5) is 0. The summed E-state index contributed by atoms with van der Waals surface area (Å²) in [5.74, 6) is 3.37. The van der Waals surface area contributed by atoms with E-state index in [2.05, 4.69) is 40.7 Å². The van der Waals surface area contributed by atoms with E-state index in [0.717, 1.165) is 24.2 Å². The van der Waals surface area contributed by atoms with Gasteiger partial charge in [0.15, 0.2) is 0 Å². The summed E-state index contributed by atoms with van der Waals surface area (Å²) in [6.45, 7) is 12.5. The molecule has 2 fully saturated rings. The first-order valence-corrected chi connectivity index (χ1v) is 13.3. The van der Waals surface area contributed by atoms with Crippen LogP contribution in [0.3, 0.4) is 0 Å². The van der Waals surface area contributed by atoms with Crippen molar-refractivity contribution in [1.82, 2.24) is 0 Å². The van der Waals surface area contributed by atoms with Gasteiger partial charge >= 0.3 is 0 Å². The second-order valence-corrected chi connectivity index (χ2v) is 13.1. The lowest BCUT2D eigenvalue weighted by atomic mass is 9.46. The molecule has 5 rings (SSSR count). The first-order valence-electron chi connectivity index (χ1n) is 13.3. The highest BCUT2D eigenvalue weighted by Crippen LogP contribution is 2.66. The fourth-order valence-corrected chi connectivity index (χ4v) is 9.51. The van der Waals surface area contributed by atoms with Crippen LogP contribution >= 0.6 is 0 Å². The Kier molecular flexibility index (Phi) is 5.13. The number of hydrogen-bond acceptors (Lipinski definition) is 1. The Morgan fingerprint density at radius 1 is 0.967 bits per heavy atom. The maximum atomic E-state index is 10.8. The Labute approximate surface area is 185 Å². The highest BCUT2D eigenvalue weighted by atomic mass is 16.3. The molecule has 6 atom stereocenters. The third kappa shape index (κ3) is 2.96. The molecule has 5 aliphatic carbocycles. The van der Waals surface area contributed by atoms with Gasteiger partial charge in [-0.05, 0) is 102 Å². The molecule has 0 spiro atoms. The molecular formula is C29H46O. The van der Waals surface area contributed by atoms with Gasteiger partial charge in [-0.2, -0.15) is 0 Å². The normalized spacial score (nSPS) is 44.3. The van der Waals surface area contributed by atoms with Crippen molar-refractivity contribution in [2.45, 2.75) is 118 Å². The molecule has 1 heteroatoms. The van der Waals surface area contributed by atoms with Crippen molar-refractivity contribution in [1.29, 1.82) is 0 Å². The maximum Gasteiger partial charge on any atom is 0.0594 e. The van der Waals surface area contributed by atoms with Crippen LogP contribution in [0.15, 0.2) is 22.8 Å². The number of aliphatic hydroxyl groups is 1. The zero-order valence-electron chi connectivity index (χ0n) is 20.4. The van der Waals surface area contributed by atoms with E-state index in [9.17, 15) is 5.11 Å². The maximum absolute atomic E-state index is 10.8. The third-order valence-electron chi connectivity index (χ3n) is 11.3. The zero-order chi connectivity index (χ0) is 21.3. The molecule has 0 aromatic rings. The quantitative estimate of drug-likeness (QED) is 0.502. The highest BCUT2D eigenvalue weighted by Gasteiger charge is 2.57. The second-order valence-electron chi connectivity index (χ2n) is 13.1. The zero-order valence-corrected chi connectivity index (χ0v) is 20.4. The van der Waals surface area contributed by atoms with Crippen LogP contribution in [0.25, 0.3) is 0 Å². The minimum Gasteiger partial charge on any atom is -0.393 e. The predicted molar refractivity (Wildman–Crippen MR) is 126 cm³/mol. The van der Waals surface area contributed by atoms with E-state index in [1.807, 2.05) is 5.57 Å². The number of fused-ring (bicyclic) bond motifs is 4. The van der Waals surface area contributed by atoms with Crippen LogP contribution in [0, 0.1) is 39.9 Å². The van der Waals surface area contributed by atoms with E-state index < -0.39 is 0 Å². The van der Waals surface area contributed by atoms with E-state index in [1.165, 1.54) is 70.6 Å². The lowest BCUT2D eigenvalue weighted by Crippen LogP contribution is -2.53. The molecule has 5 aliphatic rings.